The van der Waals surface area contributed by atoms with E-state index in [0.717, 1.165) is 43.1 Å². The highest BCUT2D eigenvalue weighted by molar-refractivity contribution is 5.97. The summed E-state index contributed by atoms with van der Waals surface area (Å²) in [5.74, 6) is 0.175. The fourth-order valence-corrected chi connectivity index (χ4v) is 6.62. The van der Waals surface area contributed by atoms with Crippen LogP contribution in [0.3, 0.4) is 0 Å². The van der Waals surface area contributed by atoms with Crippen molar-refractivity contribution in [3.05, 3.63) is 71.4 Å². The third-order valence-electron chi connectivity index (χ3n) is 8.96. The number of aromatic nitrogens is 1. The number of amides is 1. The number of nitrogens with zero attached hydrogens (tertiary/aromatic N) is 7. The molecule has 9 nitrogen and oxygen atoms in total. The van der Waals surface area contributed by atoms with Gasteiger partial charge in [-0.05, 0) is 49.5 Å². The van der Waals surface area contributed by atoms with Crippen LogP contribution in [0, 0.1) is 29.6 Å². The lowest BCUT2D eigenvalue weighted by Crippen LogP contribution is -2.55. The lowest BCUT2D eigenvalue weighted by molar-refractivity contribution is -0.128. The predicted octanol–water partition coefficient (Wildman–Crippen LogP) is 4.82. The molecule has 3 aromatic rings. The van der Waals surface area contributed by atoms with Gasteiger partial charge in [-0.2, -0.15) is 10.5 Å². The molecule has 2 aliphatic rings. The molecular formula is C35H41N7O2. The minimum atomic E-state index is -0.305. The van der Waals surface area contributed by atoms with Gasteiger partial charge in [0.25, 0.3) is 0 Å². The monoisotopic (exact) mass is 591 g/mol. The minimum Gasteiger partial charge on any atom is -0.475 e. The Morgan fingerprint density at radius 3 is 2.61 bits per heavy atom. The Bertz CT molecular complexity index is 1610. The van der Waals surface area contributed by atoms with E-state index in [0.29, 0.717) is 50.7 Å². The van der Waals surface area contributed by atoms with E-state index < -0.39 is 0 Å². The van der Waals surface area contributed by atoms with Gasteiger partial charge >= 0.3 is 0 Å². The molecule has 5 rings (SSSR count). The lowest BCUT2D eigenvalue weighted by atomic mass is 9.95. The lowest BCUT2D eigenvalue weighted by Gasteiger charge is -2.43. The Balaban J connectivity index is 1.56. The van der Waals surface area contributed by atoms with Gasteiger partial charge in [-0.25, -0.2) is 4.98 Å². The average molecular weight is 592 g/mol. The Kier molecular flexibility index (Phi) is 9.67. The Morgan fingerprint density at radius 1 is 1.14 bits per heavy atom. The van der Waals surface area contributed by atoms with Crippen molar-refractivity contribution in [2.75, 3.05) is 62.2 Å². The third-order valence-corrected chi connectivity index (χ3v) is 8.96. The molecule has 44 heavy (non-hydrogen) atoms. The van der Waals surface area contributed by atoms with Gasteiger partial charge in [-0.15, -0.1) is 0 Å². The maximum Gasteiger partial charge on any atom is 0.246 e. The molecule has 3 heterocycles. The number of pyridine rings is 1. The summed E-state index contributed by atoms with van der Waals surface area (Å²) in [5.41, 5.74) is 5.61. The zero-order chi connectivity index (χ0) is 31.2. The molecule has 1 saturated heterocycles. The van der Waals surface area contributed by atoms with Crippen LogP contribution in [0.25, 0.3) is 10.8 Å². The maximum atomic E-state index is 12.6. The van der Waals surface area contributed by atoms with E-state index in [-0.39, 0.29) is 18.4 Å². The molecule has 228 valence electrons. The second kappa shape index (κ2) is 13.8. The van der Waals surface area contributed by atoms with E-state index in [1.165, 1.54) is 28.1 Å². The van der Waals surface area contributed by atoms with Crippen molar-refractivity contribution in [2.24, 2.45) is 0 Å². The van der Waals surface area contributed by atoms with E-state index in [9.17, 15) is 15.3 Å². The zero-order valence-corrected chi connectivity index (χ0v) is 26.1. The van der Waals surface area contributed by atoms with Crippen molar-refractivity contribution in [1.82, 2.24) is 14.8 Å². The van der Waals surface area contributed by atoms with Crippen LogP contribution in [0.4, 0.5) is 11.4 Å². The first-order chi connectivity index (χ1) is 21.4. The number of anilines is 2. The maximum absolute atomic E-state index is 12.6. The van der Waals surface area contributed by atoms with E-state index in [1.54, 1.807) is 4.90 Å². The topological polar surface area (TPSA) is 99.7 Å². The molecule has 2 aromatic carbocycles. The molecule has 1 aromatic heterocycles. The molecule has 9 heteroatoms. The first kappa shape index (κ1) is 30.8. The van der Waals surface area contributed by atoms with Crippen LogP contribution in [0.2, 0.25) is 0 Å². The number of fused-ring (bicyclic) bond motifs is 2. The van der Waals surface area contributed by atoms with E-state index in [4.69, 9.17) is 9.72 Å². The van der Waals surface area contributed by atoms with Gasteiger partial charge in [0.2, 0.25) is 11.8 Å². The van der Waals surface area contributed by atoms with Crippen molar-refractivity contribution in [2.45, 2.75) is 46.2 Å². The summed E-state index contributed by atoms with van der Waals surface area (Å²) in [4.78, 5) is 26.2. The summed E-state index contributed by atoms with van der Waals surface area (Å²) < 4.78 is 6.29. The Hall–Kier alpha value is -4.60. The smallest absolute Gasteiger partial charge is 0.246 e. The first-order valence-corrected chi connectivity index (χ1v) is 15.5. The second-order valence-electron chi connectivity index (χ2n) is 11.4. The van der Waals surface area contributed by atoms with Gasteiger partial charge in [-0.1, -0.05) is 50.8 Å². The highest BCUT2D eigenvalue weighted by Gasteiger charge is 2.35. The molecule has 1 atom stereocenters. The number of rotatable bonds is 10. The van der Waals surface area contributed by atoms with Crippen molar-refractivity contribution >= 4 is 28.1 Å². The molecule has 1 amide bonds. The van der Waals surface area contributed by atoms with Gasteiger partial charge < -0.3 is 24.3 Å². The highest BCUT2D eigenvalue weighted by atomic mass is 16.5. The number of piperazine rings is 1. The number of aryl methyl sites for hydroxylation is 1. The van der Waals surface area contributed by atoms with Crippen LogP contribution in [0.15, 0.2) is 49.1 Å². The summed E-state index contributed by atoms with van der Waals surface area (Å²) in [6.07, 6.45) is 2.22. The first-order valence-electron chi connectivity index (χ1n) is 15.5. The number of hydrogen-bond donors (Lipinski definition) is 0. The average Bonchev–Trinajstić information content (AvgIpc) is 3.05. The molecular weight excluding hydrogens is 550 g/mol. The van der Waals surface area contributed by atoms with Crippen molar-refractivity contribution in [3.8, 4) is 18.0 Å². The van der Waals surface area contributed by atoms with E-state index in [1.807, 2.05) is 0 Å². The number of carbonyl (C=O) groups excluding carboxylic acids is 1. The number of ether oxygens (including phenoxy) is 1. The molecule has 0 spiro atoms. The van der Waals surface area contributed by atoms with Crippen molar-refractivity contribution < 1.29 is 9.53 Å². The van der Waals surface area contributed by atoms with Gasteiger partial charge in [0.05, 0.1) is 36.5 Å². The summed E-state index contributed by atoms with van der Waals surface area (Å²) in [5, 5.41) is 22.5. The van der Waals surface area contributed by atoms with Crippen LogP contribution in [-0.2, 0) is 17.8 Å². The zero-order valence-electron chi connectivity index (χ0n) is 26.1. The Morgan fingerprint density at radius 2 is 1.91 bits per heavy atom. The van der Waals surface area contributed by atoms with Crippen LogP contribution in [-0.4, -0.2) is 79.2 Å². The predicted molar refractivity (Wildman–Crippen MR) is 174 cm³/mol. The molecule has 1 unspecified atom stereocenters. The SMILES string of the molecule is C=CC(=O)N1CCN(c2c(C#N)c(OCCN(CC)CC)nc3c2CCN(c2cccc4cccc(C)c24)C3)CC1CC#N. The molecule has 0 radical (unpaired) electrons. The van der Waals surface area contributed by atoms with Crippen LogP contribution in [0.5, 0.6) is 5.88 Å². The standard InChI is InChI=1S/C35H41N7O2/c1-5-32(43)42-19-18-41(23-27(42)14-16-36)34-28-15-17-40(31-13-9-12-26-11-8-10-25(4)33(26)31)24-30(28)38-35(29(34)22-37)44-21-20-39(6-2)7-3/h5,8-13,27H,1,6-7,14-15,17-21,23-24H2,2-4H3. The molecule has 0 bridgehead atoms. The highest BCUT2D eigenvalue weighted by Crippen LogP contribution is 2.40. The number of hydrogen-bond acceptors (Lipinski definition) is 8. The number of carbonyl (C=O) groups is 1. The van der Waals surface area contributed by atoms with Crippen molar-refractivity contribution in [1.29, 1.82) is 10.5 Å². The summed E-state index contributed by atoms with van der Waals surface area (Å²) in [6.45, 7) is 15.8. The number of likely N-dealkylation sites (N-methyl/N-ethyl adjacent to an activating group) is 1. The fourth-order valence-electron chi connectivity index (χ4n) is 6.62. The summed E-state index contributed by atoms with van der Waals surface area (Å²) in [6, 6.07) is 17.2. The van der Waals surface area contributed by atoms with Gasteiger partial charge in [-0.3, -0.25) is 4.79 Å². The van der Waals surface area contributed by atoms with E-state index in [2.05, 4.69) is 90.6 Å². The van der Waals surface area contributed by atoms with Gasteiger partial charge in [0, 0.05) is 49.4 Å². The summed E-state index contributed by atoms with van der Waals surface area (Å²) >= 11 is 0. The van der Waals surface area contributed by atoms with E-state index >= 15 is 0 Å². The third kappa shape index (κ3) is 6.06. The van der Waals surface area contributed by atoms with Crippen molar-refractivity contribution in [3.63, 3.8) is 0 Å². The quantitative estimate of drug-likeness (QED) is 0.310. The fraction of sp³-hybridized carbons (Fsp3) is 0.429. The normalized spacial score (nSPS) is 16.4. The second-order valence-corrected chi connectivity index (χ2v) is 11.4. The molecule has 0 saturated carbocycles. The van der Waals surface area contributed by atoms with Crippen LogP contribution in [0.1, 0.15) is 42.7 Å². The summed E-state index contributed by atoms with van der Waals surface area (Å²) in [7, 11) is 0. The Labute approximate surface area is 260 Å². The van der Waals surface area contributed by atoms with Crippen LogP contribution < -0.4 is 14.5 Å². The number of nitriles is 2. The van der Waals surface area contributed by atoms with Gasteiger partial charge in [0.15, 0.2) is 0 Å². The molecule has 0 aliphatic carbocycles. The largest absolute Gasteiger partial charge is 0.475 e. The molecule has 1 fully saturated rings. The molecule has 0 N–H and O–H groups in total. The minimum absolute atomic E-state index is 0.177. The van der Waals surface area contributed by atoms with Crippen LogP contribution >= 0.6 is 0 Å². The number of benzene rings is 2. The van der Waals surface area contributed by atoms with Gasteiger partial charge in [0.1, 0.15) is 18.2 Å². The molecule has 2 aliphatic heterocycles.